The van der Waals surface area contributed by atoms with Crippen LogP contribution in [0.15, 0.2) is 83.4 Å². The highest BCUT2D eigenvalue weighted by molar-refractivity contribution is 9.11. The second-order valence-corrected chi connectivity index (χ2v) is 14.5. The van der Waals surface area contributed by atoms with Gasteiger partial charge in [-0.3, -0.25) is 19.2 Å². The molecular formula is C38H42BrN3O7. The Morgan fingerprint density at radius 3 is 2.37 bits per heavy atom. The Morgan fingerprint density at radius 2 is 1.65 bits per heavy atom. The van der Waals surface area contributed by atoms with Gasteiger partial charge in [-0.2, -0.15) is 0 Å². The van der Waals surface area contributed by atoms with Gasteiger partial charge in [0.25, 0.3) is 0 Å². The van der Waals surface area contributed by atoms with Gasteiger partial charge in [0.2, 0.25) is 17.7 Å². The number of nitrogens with one attached hydrogen (secondary N) is 1. The number of amides is 3. The molecule has 49 heavy (non-hydrogen) atoms. The molecule has 4 aliphatic heterocycles. The Balaban J connectivity index is 1.35. The molecule has 2 saturated heterocycles. The molecule has 10 nitrogen and oxygen atoms in total. The van der Waals surface area contributed by atoms with Crippen LogP contribution in [0.25, 0.3) is 0 Å². The Morgan fingerprint density at radius 1 is 0.939 bits per heavy atom. The molecule has 1 aliphatic carbocycles. The van der Waals surface area contributed by atoms with Gasteiger partial charge in [-0.25, -0.2) is 0 Å². The number of halogens is 1. The second kappa shape index (κ2) is 14.2. The largest absolute Gasteiger partial charge is 0.463 e. The molecule has 3 fully saturated rings. The Kier molecular flexibility index (Phi) is 9.77. The van der Waals surface area contributed by atoms with Crippen molar-refractivity contribution in [2.24, 2.45) is 11.8 Å². The highest BCUT2D eigenvalue weighted by atomic mass is 79.9. The molecule has 2 aromatic rings. The normalized spacial score (nSPS) is 32.4. The van der Waals surface area contributed by atoms with Crippen LogP contribution in [0.2, 0.25) is 0 Å². The fourth-order valence-electron chi connectivity index (χ4n) is 8.50. The predicted octanol–water partition coefficient (Wildman–Crippen LogP) is 4.51. The van der Waals surface area contributed by atoms with Crippen molar-refractivity contribution in [3.63, 3.8) is 0 Å². The molecule has 0 unspecified atom stereocenters. The SMILES string of the molecule is O=C1CC/C=C\CN(C2CCCCC2)C(=O)[C@@H]2N([C@H](CO)c3ccccc3)C(=O)[C@H]3[C@H](C(=O)N[C@H](c4ccccc4)CO1)[C@H]1O[C@@]23C=C1Br. The zero-order chi connectivity index (χ0) is 34.1. The minimum atomic E-state index is -1.44. The number of ether oxygens (including phenoxy) is 2. The summed E-state index contributed by atoms with van der Waals surface area (Å²) >= 11 is 3.65. The van der Waals surface area contributed by atoms with Gasteiger partial charge in [-0.1, -0.05) is 108 Å². The summed E-state index contributed by atoms with van der Waals surface area (Å²) in [6, 6.07) is 15.8. The summed E-state index contributed by atoms with van der Waals surface area (Å²) in [7, 11) is 0. The van der Waals surface area contributed by atoms with E-state index in [2.05, 4.69) is 21.2 Å². The third kappa shape index (κ3) is 6.14. The van der Waals surface area contributed by atoms with Crippen LogP contribution in [-0.4, -0.2) is 82.1 Å². The maximum Gasteiger partial charge on any atom is 0.306 e. The molecule has 11 heteroatoms. The van der Waals surface area contributed by atoms with Crippen molar-refractivity contribution < 1.29 is 33.8 Å². The van der Waals surface area contributed by atoms with Crippen molar-refractivity contribution in [2.75, 3.05) is 19.8 Å². The summed E-state index contributed by atoms with van der Waals surface area (Å²) in [5, 5.41) is 14.0. The Labute approximate surface area is 294 Å². The molecule has 7 rings (SSSR count). The Hall–Kier alpha value is -3.80. The van der Waals surface area contributed by atoms with E-state index in [1.807, 2.05) is 83.8 Å². The first-order chi connectivity index (χ1) is 23.8. The number of hydrogen-bond donors (Lipinski definition) is 2. The Bertz CT molecular complexity index is 1630. The number of aliphatic hydroxyl groups is 1. The number of likely N-dealkylation sites (tertiary alicyclic amines) is 1. The lowest BCUT2D eigenvalue weighted by molar-refractivity contribution is -0.152. The summed E-state index contributed by atoms with van der Waals surface area (Å²) in [5.74, 6) is -3.53. The van der Waals surface area contributed by atoms with Gasteiger partial charge >= 0.3 is 5.97 Å². The first-order valence-corrected chi connectivity index (χ1v) is 18.1. The van der Waals surface area contributed by atoms with Gasteiger partial charge in [-0.05, 0) is 36.5 Å². The molecule has 4 heterocycles. The fraction of sp³-hybridized carbons (Fsp3) is 0.474. The summed E-state index contributed by atoms with van der Waals surface area (Å²) in [6.45, 7) is -0.208. The molecule has 1 saturated carbocycles. The van der Waals surface area contributed by atoms with E-state index in [1.54, 1.807) is 0 Å². The first-order valence-electron chi connectivity index (χ1n) is 17.3. The third-order valence-corrected chi connectivity index (χ3v) is 11.5. The number of nitrogens with zero attached hydrogens (tertiary/aromatic N) is 2. The van der Waals surface area contributed by atoms with Crippen LogP contribution in [0, 0.1) is 11.8 Å². The van der Waals surface area contributed by atoms with Crippen LogP contribution in [0.3, 0.4) is 0 Å². The molecule has 0 radical (unpaired) electrons. The quantitative estimate of drug-likeness (QED) is 0.343. The monoisotopic (exact) mass is 731 g/mol. The van der Waals surface area contributed by atoms with Crippen LogP contribution in [0.1, 0.15) is 68.2 Å². The van der Waals surface area contributed by atoms with E-state index in [-0.39, 0.29) is 25.0 Å². The van der Waals surface area contributed by atoms with Gasteiger partial charge < -0.3 is 29.7 Å². The molecule has 5 bridgehead atoms. The zero-order valence-electron chi connectivity index (χ0n) is 27.3. The lowest BCUT2D eigenvalue weighted by atomic mass is 9.73. The van der Waals surface area contributed by atoms with Crippen LogP contribution < -0.4 is 5.32 Å². The number of esters is 1. The number of carbonyl (C=O) groups is 4. The zero-order valence-corrected chi connectivity index (χ0v) is 28.9. The van der Waals surface area contributed by atoms with Gasteiger partial charge in [-0.15, -0.1) is 0 Å². The second-order valence-electron chi connectivity index (χ2n) is 13.6. The third-order valence-electron chi connectivity index (χ3n) is 10.8. The van der Waals surface area contributed by atoms with Crippen molar-refractivity contribution in [1.82, 2.24) is 15.1 Å². The van der Waals surface area contributed by atoms with E-state index in [9.17, 15) is 19.5 Å². The number of cyclic esters (lactones) is 1. The first kappa shape index (κ1) is 33.7. The molecule has 258 valence electrons. The summed E-state index contributed by atoms with van der Waals surface area (Å²) in [4.78, 5) is 60.7. The minimum absolute atomic E-state index is 0.0496. The van der Waals surface area contributed by atoms with Crippen LogP contribution in [-0.2, 0) is 28.7 Å². The van der Waals surface area contributed by atoms with E-state index in [0.29, 0.717) is 23.0 Å². The molecule has 2 aromatic carbocycles. The maximum atomic E-state index is 15.2. The number of allylic oxidation sites excluding steroid dienone is 1. The number of hydrogen-bond acceptors (Lipinski definition) is 7. The fourth-order valence-corrected chi connectivity index (χ4v) is 9.23. The van der Waals surface area contributed by atoms with Crippen LogP contribution in [0.5, 0.6) is 0 Å². The van der Waals surface area contributed by atoms with E-state index >= 15 is 4.79 Å². The lowest BCUT2D eigenvalue weighted by Crippen LogP contribution is -2.58. The van der Waals surface area contributed by atoms with Gasteiger partial charge in [0, 0.05) is 23.5 Å². The van der Waals surface area contributed by atoms with Gasteiger partial charge in [0.05, 0.1) is 30.5 Å². The number of fused-ring (bicyclic) bond motifs is 2. The smallest absolute Gasteiger partial charge is 0.306 e. The molecule has 2 N–H and O–H groups in total. The van der Waals surface area contributed by atoms with E-state index in [4.69, 9.17) is 9.47 Å². The summed E-state index contributed by atoms with van der Waals surface area (Å²) < 4.78 is 13.0. The number of benzene rings is 2. The van der Waals surface area contributed by atoms with Crippen LogP contribution in [0.4, 0.5) is 0 Å². The average Bonchev–Trinajstić information content (AvgIpc) is 3.72. The molecule has 7 atom stereocenters. The van der Waals surface area contributed by atoms with Crippen molar-refractivity contribution in [2.45, 2.75) is 80.8 Å². The molecule has 1 spiro atoms. The summed E-state index contributed by atoms with van der Waals surface area (Å²) in [6.07, 6.45) is 10.1. The summed E-state index contributed by atoms with van der Waals surface area (Å²) in [5.41, 5.74) is -0.0144. The highest BCUT2D eigenvalue weighted by Crippen LogP contribution is 2.60. The van der Waals surface area contributed by atoms with E-state index < -0.39 is 66.1 Å². The molecule has 0 aromatic heterocycles. The van der Waals surface area contributed by atoms with Crippen molar-refractivity contribution in [3.05, 3.63) is 94.5 Å². The van der Waals surface area contributed by atoms with E-state index in [1.165, 1.54) is 4.90 Å². The van der Waals surface area contributed by atoms with Crippen molar-refractivity contribution >= 4 is 39.6 Å². The van der Waals surface area contributed by atoms with Crippen LogP contribution >= 0.6 is 15.9 Å². The van der Waals surface area contributed by atoms with Gasteiger partial charge in [0.15, 0.2) is 0 Å². The maximum absolute atomic E-state index is 15.2. The van der Waals surface area contributed by atoms with Crippen molar-refractivity contribution in [1.29, 1.82) is 0 Å². The molecule has 3 amide bonds. The number of aliphatic hydroxyl groups excluding tert-OH is 1. The average molecular weight is 733 g/mol. The molecular weight excluding hydrogens is 690 g/mol. The standard InChI is InChI=1S/C38H42BrN3O7/c39-27-21-38-32-31(33(27)49-38)35(45)40-28(24-13-5-1-6-14-24)23-48-30(44)19-11-4-12-20-41(26-17-9-3-10-18-26)37(47)34(38)42(36(32)46)29(22-43)25-15-7-2-8-16-25/h1-2,4-8,12-16,21,26,28-29,31-34,43H,3,9-11,17-20,22-23H2,(H,40,45)/b12-4-/t28-,29+,31-,32+,33-,34-,38+/m0/s1. The lowest BCUT2D eigenvalue weighted by Gasteiger charge is -2.42. The molecule has 5 aliphatic rings. The highest BCUT2D eigenvalue weighted by Gasteiger charge is 2.75. The number of rotatable bonds is 5. The minimum Gasteiger partial charge on any atom is -0.463 e. The number of carbonyl (C=O) groups excluding carboxylic acids is 4. The van der Waals surface area contributed by atoms with E-state index in [0.717, 1.165) is 37.7 Å². The predicted molar refractivity (Wildman–Crippen MR) is 184 cm³/mol. The van der Waals surface area contributed by atoms with Gasteiger partial charge in [0.1, 0.15) is 24.4 Å². The topological polar surface area (TPSA) is 125 Å². The van der Waals surface area contributed by atoms with Crippen molar-refractivity contribution in [3.8, 4) is 0 Å².